The molecule has 0 saturated heterocycles. The van der Waals surface area contributed by atoms with E-state index in [4.69, 9.17) is 4.98 Å². The van der Waals surface area contributed by atoms with Crippen molar-refractivity contribution in [2.75, 3.05) is 12.0 Å². The Morgan fingerprint density at radius 1 is 1.50 bits per heavy atom. The van der Waals surface area contributed by atoms with Gasteiger partial charge in [0.15, 0.2) is 0 Å². The fourth-order valence-electron chi connectivity index (χ4n) is 2.07. The van der Waals surface area contributed by atoms with E-state index in [1.807, 2.05) is 23.1 Å². The standard InChI is InChI=1S/C12H20N2S2/c1-3-9(8-15-2)13-7-12-14-10-5-4-6-11(10)16-12/h9,13H,3-8H2,1-2H3. The summed E-state index contributed by atoms with van der Waals surface area (Å²) in [6.45, 7) is 3.20. The first-order chi connectivity index (χ1) is 7.83. The third-order valence-electron chi connectivity index (χ3n) is 3.04. The van der Waals surface area contributed by atoms with E-state index in [1.54, 1.807) is 0 Å². The van der Waals surface area contributed by atoms with Gasteiger partial charge >= 0.3 is 0 Å². The highest BCUT2D eigenvalue weighted by Gasteiger charge is 2.16. The highest BCUT2D eigenvalue weighted by Crippen LogP contribution is 2.27. The number of aromatic nitrogens is 1. The second kappa shape index (κ2) is 6.03. The van der Waals surface area contributed by atoms with E-state index in [-0.39, 0.29) is 0 Å². The average Bonchev–Trinajstić information content (AvgIpc) is 2.84. The number of nitrogens with zero attached hydrogens (tertiary/aromatic N) is 1. The van der Waals surface area contributed by atoms with E-state index in [9.17, 15) is 0 Å². The van der Waals surface area contributed by atoms with E-state index >= 15 is 0 Å². The van der Waals surface area contributed by atoms with Crippen molar-refractivity contribution in [2.45, 2.75) is 45.2 Å². The monoisotopic (exact) mass is 256 g/mol. The molecule has 16 heavy (non-hydrogen) atoms. The lowest BCUT2D eigenvalue weighted by Gasteiger charge is -2.14. The lowest BCUT2D eigenvalue weighted by atomic mass is 10.2. The summed E-state index contributed by atoms with van der Waals surface area (Å²) in [6, 6.07) is 0.633. The minimum atomic E-state index is 0.633. The molecule has 4 heteroatoms. The molecule has 1 N–H and O–H groups in total. The van der Waals surface area contributed by atoms with Crippen LogP contribution in [-0.2, 0) is 19.4 Å². The Morgan fingerprint density at radius 2 is 2.38 bits per heavy atom. The zero-order valence-electron chi connectivity index (χ0n) is 10.1. The molecular weight excluding hydrogens is 236 g/mol. The molecule has 0 saturated carbocycles. The van der Waals surface area contributed by atoms with Crippen molar-refractivity contribution in [1.29, 1.82) is 0 Å². The SMILES string of the molecule is CCC(CSC)NCc1nc2c(s1)CCC2. The first-order valence-electron chi connectivity index (χ1n) is 6.03. The van der Waals surface area contributed by atoms with Crippen LogP contribution in [0.3, 0.4) is 0 Å². The first kappa shape index (κ1) is 12.4. The van der Waals surface area contributed by atoms with Crippen molar-refractivity contribution >= 4 is 23.1 Å². The summed E-state index contributed by atoms with van der Waals surface area (Å²) >= 11 is 3.83. The number of rotatable bonds is 6. The molecule has 1 unspecified atom stereocenters. The Labute approximate surface area is 106 Å². The van der Waals surface area contributed by atoms with Gasteiger partial charge in [-0.1, -0.05) is 6.92 Å². The van der Waals surface area contributed by atoms with Crippen LogP contribution in [0.5, 0.6) is 0 Å². The van der Waals surface area contributed by atoms with Crippen LogP contribution in [0.15, 0.2) is 0 Å². The lowest BCUT2D eigenvalue weighted by molar-refractivity contribution is 0.540. The van der Waals surface area contributed by atoms with Crippen molar-refractivity contribution in [2.24, 2.45) is 0 Å². The Bertz CT molecular complexity index is 314. The number of nitrogens with one attached hydrogen (secondary N) is 1. The van der Waals surface area contributed by atoms with E-state index in [1.165, 1.54) is 47.0 Å². The second-order valence-electron chi connectivity index (χ2n) is 4.27. The van der Waals surface area contributed by atoms with Gasteiger partial charge in [-0.3, -0.25) is 0 Å². The van der Waals surface area contributed by atoms with Crippen LogP contribution in [0.4, 0.5) is 0 Å². The summed E-state index contributed by atoms with van der Waals surface area (Å²) in [5.41, 5.74) is 1.37. The summed E-state index contributed by atoms with van der Waals surface area (Å²) in [5.74, 6) is 1.20. The Morgan fingerprint density at radius 3 is 3.06 bits per heavy atom. The Balaban J connectivity index is 1.84. The minimum absolute atomic E-state index is 0.633. The minimum Gasteiger partial charge on any atom is -0.307 e. The Kier molecular flexibility index (Phi) is 4.67. The Hall–Kier alpha value is -0.0600. The van der Waals surface area contributed by atoms with Crippen LogP contribution in [-0.4, -0.2) is 23.0 Å². The van der Waals surface area contributed by atoms with Crippen LogP contribution < -0.4 is 5.32 Å². The second-order valence-corrected chi connectivity index (χ2v) is 6.35. The lowest BCUT2D eigenvalue weighted by Crippen LogP contribution is -2.30. The molecule has 1 atom stereocenters. The van der Waals surface area contributed by atoms with Gasteiger partial charge in [0, 0.05) is 23.2 Å². The van der Waals surface area contributed by atoms with Crippen molar-refractivity contribution < 1.29 is 0 Å². The number of aryl methyl sites for hydroxylation is 2. The number of hydrogen-bond donors (Lipinski definition) is 1. The van der Waals surface area contributed by atoms with Crippen molar-refractivity contribution in [1.82, 2.24) is 10.3 Å². The van der Waals surface area contributed by atoms with Crippen LogP contribution >= 0.6 is 23.1 Å². The van der Waals surface area contributed by atoms with Gasteiger partial charge in [0.05, 0.1) is 5.69 Å². The normalized spacial score (nSPS) is 16.4. The molecule has 0 aliphatic heterocycles. The third kappa shape index (κ3) is 2.99. The molecule has 1 aromatic rings. The smallest absolute Gasteiger partial charge is 0.107 e. The highest BCUT2D eigenvalue weighted by molar-refractivity contribution is 7.98. The van der Waals surface area contributed by atoms with E-state index in [0.717, 1.165) is 6.54 Å². The van der Waals surface area contributed by atoms with Gasteiger partial charge < -0.3 is 5.32 Å². The maximum Gasteiger partial charge on any atom is 0.107 e. The summed E-state index contributed by atoms with van der Waals surface area (Å²) in [5, 5.41) is 4.88. The summed E-state index contributed by atoms with van der Waals surface area (Å²) in [4.78, 5) is 6.24. The average molecular weight is 256 g/mol. The van der Waals surface area contributed by atoms with Gasteiger partial charge in [-0.2, -0.15) is 11.8 Å². The molecule has 1 aliphatic carbocycles. The molecule has 0 fully saturated rings. The summed E-state index contributed by atoms with van der Waals surface area (Å²) < 4.78 is 0. The zero-order valence-corrected chi connectivity index (χ0v) is 11.7. The summed E-state index contributed by atoms with van der Waals surface area (Å²) in [6.07, 6.45) is 7.14. The maximum atomic E-state index is 4.71. The molecule has 90 valence electrons. The fourth-order valence-corrected chi connectivity index (χ4v) is 3.94. The van der Waals surface area contributed by atoms with Crippen molar-refractivity contribution in [3.63, 3.8) is 0 Å². The molecule has 0 amide bonds. The van der Waals surface area contributed by atoms with E-state index in [0.29, 0.717) is 6.04 Å². The number of hydrogen-bond acceptors (Lipinski definition) is 4. The van der Waals surface area contributed by atoms with Crippen LogP contribution in [0.1, 0.15) is 35.3 Å². The molecule has 2 nitrogen and oxygen atoms in total. The van der Waals surface area contributed by atoms with Gasteiger partial charge in [-0.15, -0.1) is 11.3 Å². The van der Waals surface area contributed by atoms with Gasteiger partial charge in [0.1, 0.15) is 5.01 Å². The van der Waals surface area contributed by atoms with Gasteiger partial charge in [-0.25, -0.2) is 4.98 Å². The van der Waals surface area contributed by atoms with Crippen molar-refractivity contribution in [3.8, 4) is 0 Å². The maximum absolute atomic E-state index is 4.71. The molecule has 1 heterocycles. The van der Waals surface area contributed by atoms with Crippen molar-refractivity contribution in [3.05, 3.63) is 15.6 Å². The molecule has 1 aliphatic rings. The highest BCUT2D eigenvalue weighted by atomic mass is 32.2. The molecule has 0 bridgehead atoms. The number of fused-ring (bicyclic) bond motifs is 1. The predicted octanol–water partition coefficient (Wildman–Crippen LogP) is 2.86. The van der Waals surface area contributed by atoms with Gasteiger partial charge in [0.2, 0.25) is 0 Å². The van der Waals surface area contributed by atoms with Crippen LogP contribution in [0.25, 0.3) is 0 Å². The van der Waals surface area contributed by atoms with Crippen LogP contribution in [0, 0.1) is 0 Å². The first-order valence-corrected chi connectivity index (χ1v) is 8.24. The van der Waals surface area contributed by atoms with Gasteiger partial charge in [-0.05, 0) is 31.9 Å². The molecule has 1 aromatic heterocycles. The van der Waals surface area contributed by atoms with Crippen LogP contribution in [0.2, 0.25) is 0 Å². The molecule has 2 rings (SSSR count). The fraction of sp³-hybridized carbons (Fsp3) is 0.750. The largest absolute Gasteiger partial charge is 0.307 e. The quantitative estimate of drug-likeness (QED) is 0.847. The van der Waals surface area contributed by atoms with E-state index in [2.05, 4.69) is 18.5 Å². The topological polar surface area (TPSA) is 24.9 Å². The zero-order chi connectivity index (χ0) is 11.4. The molecule has 0 aromatic carbocycles. The molecule has 0 radical (unpaired) electrons. The predicted molar refractivity (Wildman–Crippen MR) is 73.4 cm³/mol. The van der Waals surface area contributed by atoms with E-state index < -0.39 is 0 Å². The van der Waals surface area contributed by atoms with Gasteiger partial charge in [0.25, 0.3) is 0 Å². The third-order valence-corrected chi connectivity index (χ3v) is 4.94. The number of thiazole rings is 1. The molecule has 0 spiro atoms. The molecular formula is C12H20N2S2. The number of thioether (sulfide) groups is 1. The summed E-state index contributed by atoms with van der Waals surface area (Å²) in [7, 11) is 0.